The van der Waals surface area contributed by atoms with Crippen molar-refractivity contribution in [1.29, 1.82) is 5.26 Å². The number of hydrogen-bond donors (Lipinski definition) is 1. The molecule has 0 aromatic heterocycles. The van der Waals surface area contributed by atoms with E-state index in [9.17, 15) is 0 Å². The lowest BCUT2D eigenvalue weighted by molar-refractivity contribution is 0.341. The molecule has 0 heterocycles. The fourth-order valence-corrected chi connectivity index (χ4v) is 2.94. The highest BCUT2D eigenvalue weighted by Gasteiger charge is 2.14. The Kier molecular flexibility index (Phi) is 4.68. The number of nitrogen functional groups attached to an aromatic ring is 1. The van der Waals surface area contributed by atoms with Gasteiger partial charge in [-0.25, -0.2) is 0 Å². The molecule has 1 aromatic rings. The molecule has 3 heteroatoms. The zero-order chi connectivity index (χ0) is 13.7. The van der Waals surface area contributed by atoms with Gasteiger partial charge in [0.1, 0.15) is 0 Å². The van der Waals surface area contributed by atoms with Gasteiger partial charge in [0, 0.05) is 13.6 Å². The fourth-order valence-electron chi connectivity index (χ4n) is 2.94. The predicted molar refractivity (Wildman–Crippen MR) is 80.0 cm³/mol. The van der Waals surface area contributed by atoms with Crippen LogP contribution < -0.4 is 10.6 Å². The zero-order valence-corrected chi connectivity index (χ0v) is 11.7. The van der Waals surface area contributed by atoms with E-state index in [-0.39, 0.29) is 0 Å². The number of rotatable bonds is 4. The van der Waals surface area contributed by atoms with Gasteiger partial charge in [0.05, 0.1) is 23.0 Å². The summed E-state index contributed by atoms with van der Waals surface area (Å²) in [6, 6.07) is 7.66. The summed E-state index contributed by atoms with van der Waals surface area (Å²) in [5.74, 6) is 0.885. The highest BCUT2D eigenvalue weighted by molar-refractivity contribution is 5.69. The van der Waals surface area contributed by atoms with E-state index >= 15 is 0 Å². The largest absolute Gasteiger partial charge is 0.397 e. The molecule has 0 radical (unpaired) electrons. The summed E-state index contributed by atoms with van der Waals surface area (Å²) in [5.41, 5.74) is 8.38. The van der Waals surface area contributed by atoms with Crippen molar-refractivity contribution in [3.63, 3.8) is 0 Å². The Morgan fingerprint density at radius 1 is 1.32 bits per heavy atom. The maximum absolute atomic E-state index is 8.85. The summed E-state index contributed by atoms with van der Waals surface area (Å²) in [4.78, 5) is 2.21. The van der Waals surface area contributed by atoms with E-state index in [2.05, 4.69) is 18.0 Å². The normalized spacial score (nSPS) is 16.0. The number of nitrogens with two attached hydrogens (primary N) is 1. The van der Waals surface area contributed by atoms with Gasteiger partial charge >= 0.3 is 0 Å². The molecule has 1 aromatic carbocycles. The molecule has 19 heavy (non-hydrogen) atoms. The lowest BCUT2D eigenvalue weighted by Crippen LogP contribution is -2.22. The minimum atomic E-state index is 0.627. The van der Waals surface area contributed by atoms with Crippen LogP contribution in [0.4, 0.5) is 11.4 Å². The molecule has 0 unspecified atom stereocenters. The molecule has 102 valence electrons. The molecule has 2 N–H and O–H groups in total. The molecule has 0 spiro atoms. The third kappa shape index (κ3) is 3.64. The first-order valence-electron chi connectivity index (χ1n) is 7.21. The molecule has 1 fully saturated rings. The second-order valence-corrected chi connectivity index (χ2v) is 5.60. The Labute approximate surface area is 116 Å². The first kappa shape index (κ1) is 13.7. The highest BCUT2D eigenvalue weighted by Crippen LogP contribution is 2.28. The van der Waals surface area contributed by atoms with Crippen molar-refractivity contribution in [1.82, 2.24) is 0 Å². The first-order chi connectivity index (χ1) is 9.20. The summed E-state index contributed by atoms with van der Waals surface area (Å²) >= 11 is 0. The molecule has 1 aliphatic rings. The molecule has 0 amide bonds. The van der Waals surface area contributed by atoms with E-state index in [1.165, 1.54) is 38.5 Å². The summed E-state index contributed by atoms with van der Waals surface area (Å²) in [5, 5.41) is 8.85. The van der Waals surface area contributed by atoms with Crippen LogP contribution >= 0.6 is 0 Å². The molecule has 0 saturated heterocycles. The van der Waals surface area contributed by atoms with Crippen LogP contribution in [0.25, 0.3) is 0 Å². The van der Waals surface area contributed by atoms with E-state index in [4.69, 9.17) is 11.0 Å². The summed E-state index contributed by atoms with van der Waals surface area (Å²) in [6.45, 7) is 1.04. The van der Waals surface area contributed by atoms with Crippen molar-refractivity contribution in [2.24, 2.45) is 5.92 Å². The van der Waals surface area contributed by atoms with Crippen LogP contribution in [0.15, 0.2) is 18.2 Å². The lowest BCUT2D eigenvalue weighted by atomic mass is 9.87. The monoisotopic (exact) mass is 257 g/mol. The SMILES string of the molecule is CN(CCC1CCCCC1)c1ccc(C#N)cc1N. The third-order valence-electron chi connectivity index (χ3n) is 4.17. The van der Waals surface area contributed by atoms with Gasteiger partial charge in [-0.2, -0.15) is 5.26 Å². The number of nitriles is 1. The van der Waals surface area contributed by atoms with Gasteiger partial charge in [-0.05, 0) is 30.5 Å². The Hall–Kier alpha value is -1.69. The Morgan fingerprint density at radius 2 is 2.05 bits per heavy atom. The Morgan fingerprint density at radius 3 is 2.68 bits per heavy atom. The summed E-state index contributed by atoms with van der Waals surface area (Å²) < 4.78 is 0. The molecule has 0 atom stereocenters. The smallest absolute Gasteiger partial charge is 0.0992 e. The van der Waals surface area contributed by atoms with Crippen molar-refractivity contribution in [2.75, 3.05) is 24.2 Å². The van der Waals surface area contributed by atoms with Crippen LogP contribution in [0.2, 0.25) is 0 Å². The Balaban J connectivity index is 1.92. The zero-order valence-electron chi connectivity index (χ0n) is 11.7. The maximum atomic E-state index is 8.85. The summed E-state index contributed by atoms with van der Waals surface area (Å²) in [6.07, 6.45) is 8.22. The Bertz CT molecular complexity index is 456. The van der Waals surface area contributed by atoms with Crippen LogP contribution in [-0.2, 0) is 0 Å². The summed E-state index contributed by atoms with van der Waals surface area (Å²) in [7, 11) is 2.08. The van der Waals surface area contributed by atoms with Gasteiger partial charge in [0.15, 0.2) is 0 Å². The van der Waals surface area contributed by atoms with Gasteiger partial charge in [0.2, 0.25) is 0 Å². The predicted octanol–water partition coefficient (Wildman–Crippen LogP) is 3.55. The van der Waals surface area contributed by atoms with E-state index in [1.54, 1.807) is 6.07 Å². The van der Waals surface area contributed by atoms with E-state index in [0.717, 1.165) is 18.2 Å². The second-order valence-electron chi connectivity index (χ2n) is 5.60. The number of benzene rings is 1. The van der Waals surface area contributed by atoms with Crippen LogP contribution in [0, 0.1) is 17.2 Å². The van der Waals surface area contributed by atoms with Crippen molar-refractivity contribution in [2.45, 2.75) is 38.5 Å². The number of hydrogen-bond acceptors (Lipinski definition) is 3. The van der Waals surface area contributed by atoms with Crippen molar-refractivity contribution < 1.29 is 0 Å². The molecular formula is C16H23N3. The average Bonchev–Trinajstić information content (AvgIpc) is 2.45. The van der Waals surface area contributed by atoms with Gasteiger partial charge in [-0.15, -0.1) is 0 Å². The molecule has 2 rings (SSSR count). The van der Waals surface area contributed by atoms with Crippen LogP contribution in [-0.4, -0.2) is 13.6 Å². The molecule has 1 saturated carbocycles. The van der Waals surface area contributed by atoms with Crippen molar-refractivity contribution >= 4 is 11.4 Å². The number of anilines is 2. The van der Waals surface area contributed by atoms with E-state index in [0.29, 0.717) is 11.3 Å². The minimum absolute atomic E-state index is 0.627. The van der Waals surface area contributed by atoms with Gasteiger partial charge in [-0.3, -0.25) is 0 Å². The highest BCUT2D eigenvalue weighted by atomic mass is 15.1. The standard InChI is InChI=1S/C16H23N3/c1-19(10-9-13-5-3-2-4-6-13)16-8-7-14(12-17)11-15(16)18/h7-8,11,13H,2-6,9-10,18H2,1H3. The quantitative estimate of drug-likeness (QED) is 0.839. The van der Waals surface area contributed by atoms with Crippen LogP contribution in [0.3, 0.4) is 0 Å². The second kappa shape index (κ2) is 6.47. The first-order valence-corrected chi connectivity index (χ1v) is 7.21. The molecule has 0 aliphatic heterocycles. The van der Waals surface area contributed by atoms with Gasteiger partial charge in [-0.1, -0.05) is 32.1 Å². The molecule has 3 nitrogen and oxygen atoms in total. The lowest BCUT2D eigenvalue weighted by Gasteiger charge is -2.26. The average molecular weight is 257 g/mol. The van der Waals surface area contributed by atoms with E-state index < -0.39 is 0 Å². The topological polar surface area (TPSA) is 53.0 Å². The third-order valence-corrected chi connectivity index (χ3v) is 4.17. The fraction of sp³-hybridized carbons (Fsp3) is 0.562. The minimum Gasteiger partial charge on any atom is -0.397 e. The van der Waals surface area contributed by atoms with Crippen LogP contribution in [0.1, 0.15) is 44.1 Å². The van der Waals surface area contributed by atoms with Crippen molar-refractivity contribution in [3.8, 4) is 6.07 Å². The van der Waals surface area contributed by atoms with Crippen LogP contribution in [0.5, 0.6) is 0 Å². The number of nitrogens with zero attached hydrogens (tertiary/aromatic N) is 2. The van der Waals surface area contributed by atoms with E-state index in [1.807, 2.05) is 12.1 Å². The van der Waals surface area contributed by atoms with Gasteiger partial charge in [0.25, 0.3) is 0 Å². The molecular weight excluding hydrogens is 234 g/mol. The maximum Gasteiger partial charge on any atom is 0.0992 e. The van der Waals surface area contributed by atoms with Crippen molar-refractivity contribution in [3.05, 3.63) is 23.8 Å². The molecule has 1 aliphatic carbocycles. The van der Waals surface area contributed by atoms with Gasteiger partial charge < -0.3 is 10.6 Å². The molecule has 0 bridgehead atoms.